The molecule has 0 bridgehead atoms. The lowest BCUT2D eigenvalue weighted by Crippen LogP contribution is -2.27. The molecule has 3 heteroatoms. The zero-order chi connectivity index (χ0) is 14.3. The van der Waals surface area contributed by atoms with E-state index in [1.165, 1.54) is 5.56 Å². The molecular weight excluding hydrogens is 236 g/mol. The molecule has 19 heavy (non-hydrogen) atoms. The zero-order valence-corrected chi connectivity index (χ0v) is 12.4. The van der Waals surface area contributed by atoms with E-state index in [0.29, 0.717) is 6.54 Å². The van der Waals surface area contributed by atoms with Crippen LogP contribution >= 0.6 is 0 Å². The third kappa shape index (κ3) is 3.65. The average Bonchev–Trinajstić information content (AvgIpc) is 2.44. The molecule has 1 aromatic rings. The van der Waals surface area contributed by atoms with Crippen LogP contribution in [0.4, 0.5) is 5.69 Å². The summed E-state index contributed by atoms with van der Waals surface area (Å²) < 4.78 is 5.51. The van der Waals surface area contributed by atoms with Crippen molar-refractivity contribution in [3.63, 3.8) is 0 Å². The molecule has 3 nitrogen and oxygen atoms in total. The van der Waals surface area contributed by atoms with Crippen LogP contribution in [0.1, 0.15) is 32.4 Å². The van der Waals surface area contributed by atoms with Gasteiger partial charge in [-0.3, -0.25) is 0 Å². The maximum Gasteiger partial charge on any atom is 0.125 e. The minimum Gasteiger partial charge on any atom is -0.496 e. The van der Waals surface area contributed by atoms with Gasteiger partial charge >= 0.3 is 0 Å². The van der Waals surface area contributed by atoms with Gasteiger partial charge in [0.15, 0.2) is 0 Å². The van der Waals surface area contributed by atoms with Crippen LogP contribution < -0.4 is 15.0 Å². The molecule has 0 aromatic heterocycles. The fourth-order valence-corrected chi connectivity index (χ4v) is 2.31. The number of terminal acetylenes is 1. The molecule has 0 fully saturated rings. The van der Waals surface area contributed by atoms with E-state index in [2.05, 4.69) is 43.0 Å². The van der Waals surface area contributed by atoms with Crippen molar-refractivity contribution in [3.05, 3.63) is 23.8 Å². The zero-order valence-electron chi connectivity index (χ0n) is 12.4. The summed E-state index contributed by atoms with van der Waals surface area (Å²) in [5.74, 6) is 3.62. The van der Waals surface area contributed by atoms with E-state index in [0.717, 1.165) is 24.5 Å². The highest BCUT2D eigenvalue weighted by atomic mass is 16.5. The molecule has 0 aliphatic carbocycles. The van der Waals surface area contributed by atoms with Crippen molar-refractivity contribution >= 4 is 5.69 Å². The molecule has 0 aliphatic rings. The van der Waals surface area contributed by atoms with Crippen LogP contribution in [0.25, 0.3) is 0 Å². The van der Waals surface area contributed by atoms with Gasteiger partial charge < -0.3 is 15.0 Å². The van der Waals surface area contributed by atoms with E-state index in [-0.39, 0.29) is 6.04 Å². The van der Waals surface area contributed by atoms with Gasteiger partial charge in [-0.2, -0.15) is 0 Å². The summed E-state index contributed by atoms with van der Waals surface area (Å²) in [6.45, 7) is 8.76. The van der Waals surface area contributed by atoms with E-state index in [1.807, 2.05) is 12.1 Å². The van der Waals surface area contributed by atoms with Crippen LogP contribution in [-0.2, 0) is 0 Å². The number of rotatable bonds is 7. The Kier molecular flexibility index (Phi) is 6.24. The topological polar surface area (TPSA) is 24.5 Å². The Balaban J connectivity index is 3.25. The minimum atomic E-state index is 0.225. The number of nitrogens with zero attached hydrogens (tertiary/aromatic N) is 1. The molecule has 0 amide bonds. The van der Waals surface area contributed by atoms with Gasteiger partial charge in [-0.25, -0.2) is 0 Å². The van der Waals surface area contributed by atoms with Gasteiger partial charge in [0, 0.05) is 23.8 Å². The standard InChI is InChI=1S/C16H24N2O/c1-6-12-18(8-3)14-10-9-11-15(19-5)16(14)13(4)17-7-2/h1,9-11,13,17H,7-8,12H2,2-5H3. The number of hydrogen-bond acceptors (Lipinski definition) is 3. The summed E-state index contributed by atoms with van der Waals surface area (Å²) in [6, 6.07) is 6.33. The van der Waals surface area contributed by atoms with Gasteiger partial charge in [0.1, 0.15) is 5.75 Å². The van der Waals surface area contributed by atoms with Crippen LogP contribution in [0.5, 0.6) is 5.75 Å². The molecule has 1 aromatic carbocycles. The fourth-order valence-electron chi connectivity index (χ4n) is 2.31. The summed E-state index contributed by atoms with van der Waals surface area (Å²) in [7, 11) is 1.71. The van der Waals surface area contributed by atoms with E-state index in [1.54, 1.807) is 7.11 Å². The molecule has 0 saturated heterocycles. The number of ether oxygens (including phenoxy) is 1. The van der Waals surface area contributed by atoms with Gasteiger partial charge in [0.2, 0.25) is 0 Å². The molecule has 1 unspecified atom stereocenters. The van der Waals surface area contributed by atoms with Crippen molar-refractivity contribution in [2.45, 2.75) is 26.8 Å². The molecule has 0 aliphatic heterocycles. The fraction of sp³-hybridized carbons (Fsp3) is 0.500. The summed E-state index contributed by atoms with van der Waals surface area (Å²) >= 11 is 0. The highest BCUT2D eigenvalue weighted by Crippen LogP contribution is 2.34. The number of hydrogen-bond donors (Lipinski definition) is 1. The third-order valence-corrected chi connectivity index (χ3v) is 3.21. The Morgan fingerprint density at radius 2 is 2.16 bits per heavy atom. The van der Waals surface area contributed by atoms with Gasteiger partial charge in [0.25, 0.3) is 0 Å². The van der Waals surface area contributed by atoms with Crippen molar-refractivity contribution in [1.29, 1.82) is 0 Å². The second kappa shape index (κ2) is 7.70. The third-order valence-electron chi connectivity index (χ3n) is 3.21. The highest BCUT2D eigenvalue weighted by Gasteiger charge is 2.18. The van der Waals surface area contributed by atoms with Crippen molar-refractivity contribution in [2.75, 3.05) is 31.6 Å². The van der Waals surface area contributed by atoms with Gasteiger partial charge in [-0.1, -0.05) is 18.9 Å². The molecular formula is C16H24N2O. The number of anilines is 1. The summed E-state index contributed by atoms with van der Waals surface area (Å²) in [5.41, 5.74) is 2.32. The smallest absolute Gasteiger partial charge is 0.125 e. The molecule has 1 N–H and O–H groups in total. The molecule has 0 radical (unpaired) electrons. The van der Waals surface area contributed by atoms with Crippen LogP contribution in [0.3, 0.4) is 0 Å². The van der Waals surface area contributed by atoms with Crippen LogP contribution in [0.2, 0.25) is 0 Å². The first-order valence-electron chi connectivity index (χ1n) is 6.78. The Labute approximate surface area is 117 Å². The van der Waals surface area contributed by atoms with Crippen molar-refractivity contribution in [3.8, 4) is 18.1 Å². The molecule has 1 atom stereocenters. The SMILES string of the molecule is C#CCN(CC)c1cccc(OC)c1C(C)NCC. The Bertz CT molecular complexity index is 437. The quantitative estimate of drug-likeness (QED) is 0.763. The molecule has 0 spiro atoms. The van der Waals surface area contributed by atoms with Crippen molar-refractivity contribution < 1.29 is 4.74 Å². The highest BCUT2D eigenvalue weighted by molar-refractivity contribution is 5.61. The van der Waals surface area contributed by atoms with Crippen LogP contribution in [0, 0.1) is 12.3 Å². The monoisotopic (exact) mass is 260 g/mol. The summed E-state index contributed by atoms with van der Waals surface area (Å²) in [6.07, 6.45) is 5.46. The first-order chi connectivity index (χ1) is 9.19. The molecule has 1 rings (SSSR count). The van der Waals surface area contributed by atoms with Crippen molar-refractivity contribution in [1.82, 2.24) is 5.32 Å². The molecule has 0 saturated carbocycles. The van der Waals surface area contributed by atoms with Crippen LogP contribution in [-0.4, -0.2) is 26.7 Å². The predicted molar refractivity (Wildman–Crippen MR) is 81.8 cm³/mol. The van der Waals surface area contributed by atoms with Crippen molar-refractivity contribution in [2.24, 2.45) is 0 Å². The predicted octanol–water partition coefficient (Wildman–Crippen LogP) is 2.83. The lowest BCUT2D eigenvalue weighted by atomic mass is 10.0. The summed E-state index contributed by atoms with van der Waals surface area (Å²) in [4.78, 5) is 2.19. The van der Waals surface area contributed by atoms with E-state index >= 15 is 0 Å². The van der Waals surface area contributed by atoms with Crippen LogP contribution in [0.15, 0.2) is 18.2 Å². The maximum absolute atomic E-state index is 5.51. The molecule has 104 valence electrons. The average molecular weight is 260 g/mol. The number of nitrogens with one attached hydrogen (secondary N) is 1. The first-order valence-corrected chi connectivity index (χ1v) is 6.78. The Hall–Kier alpha value is -1.66. The minimum absolute atomic E-state index is 0.225. The van der Waals surface area contributed by atoms with E-state index in [9.17, 15) is 0 Å². The maximum atomic E-state index is 5.51. The lowest BCUT2D eigenvalue weighted by Gasteiger charge is -2.27. The van der Waals surface area contributed by atoms with E-state index in [4.69, 9.17) is 11.2 Å². The van der Waals surface area contributed by atoms with Gasteiger partial charge in [-0.05, 0) is 32.5 Å². The van der Waals surface area contributed by atoms with Gasteiger partial charge in [0.05, 0.1) is 13.7 Å². The summed E-state index contributed by atoms with van der Waals surface area (Å²) in [5, 5.41) is 3.44. The lowest BCUT2D eigenvalue weighted by molar-refractivity contribution is 0.402. The Morgan fingerprint density at radius 1 is 1.42 bits per heavy atom. The number of methoxy groups -OCH3 is 1. The molecule has 0 heterocycles. The largest absolute Gasteiger partial charge is 0.496 e. The second-order valence-electron chi connectivity index (χ2n) is 4.39. The second-order valence-corrected chi connectivity index (χ2v) is 4.39. The first kappa shape index (κ1) is 15.4. The Morgan fingerprint density at radius 3 is 2.68 bits per heavy atom. The van der Waals surface area contributed by atoms with Gasteiger partial charge in [-0.15, -0.1) is 6.42 Å². The normalized spacial score (nSPS) is 11.7. The van der Waals surface area contributed by atoms with E-state index < -0.39 is 0 Å². The number of benzene rings is 1.